The Hall–Kier alpha value is -0.780. The van der Waals surface area contributed by atoms with Gasteiger partial charge >= 0.3 is 0 Å². The second kappa shape index (κ2) is 3.29. The van der Waals surface area contributed by atoms with Crippen molar-refractivity contribution in [2.24, 2.45) is 0 Å². The van der Waals surface area contributed by atoms with Crippen molar-refractivity contribution in [1.29, 1.82) is 0 Å². The van der Waals surface area contributed by atoms with Crippen molar-refractivity contribution in [2.75, 3.05) is 0 Å². The van der Waals surface area contributed by atoms with Crippen LogP contribution in [-0.4, -0.2) is 10.9 Å². The van der Waals surface area contributed by atoms with Crippen molar-refractivity contribution in [2.45, 2.75) is 19.4 Å². The van der Waals surface area contributed by atoms with Crippen LogP contribution in [0.5, 0.6) is 0 Å². The average molecular weight is 126 g/mol. The van der Waals surface area contributed by atoms with Crippen LogP contribution >= 0.6 is 0 Å². The van der Waals surface area contributed by atoms with Crippen molar-refractivity contribution >= 4 is 0 Å². The van der Waals surface area contributed by atoms with E-state index in [1.807, 2.05) is 0 Å². The highest BCUT2D eigenvalue weighted by Gasteiger charge is 2.12. The lowest BCUT2D eigenvalue weighted by atomic mass is 10.1. The highest BCUT2D eigenvalue weighted by molar-refractivity contribution is 5.18. The van der Waals surface area contributed by atoms with Gasteiger partial charge in [-0.25, -0.2) is 4.89 Å². The van der Waals surface area contributed by atoms with E-state index >= 15 is 0 Å². The third kappa shape index (κ3) is 3.77. The Morgan fingerprint density at radius 2 is 2.22 bits per heavy atom. The standard InChI is InChI=1S/C7H10O2/c1-4-5-6-7(2,3)9-8/h4,8H,1H2,2-3H3. The summed E-state index contributed by atoms with van der Waals surface area (Å²) in [5.41, 5.74) is -0.784. The molecule has 0 unspecified atom stereocenters. The van der Waals surface area contributed by atoms with Gasteiger partial charge in [0.15, 0.2) is 5.60 Å². The molecule has 50 valence electrons. The summed E-state index contributed by atoms with van der Waals surface area (Å²) in [5, 5.41) is 8.18. The number of hydrogen-bond acceptors (Lipinski definition) is 2. The van der Waals surface area contributed by atoms with Crippen LogP contribution in [0, 0.1) is 11.8 Å². The summed E-state index contributed by atoms with van der Waals surface area (Å²) in [5.74, 6) is 5.19. The van der Waals surface area contributed by atoms with Crippen molar-refractivity contribution in [3.8, 4) is 11.8 Å². The summed E-state index contributed by atoms with van der Waals surface area (Å²) < 4.78 is 0. The number of hydrogen-bond donors (Lipinski definition) is 1. The zero-order valence-corrected chi connectivity index (χ0v) is 5.64. The lowest BCUT2D eigenvalue weighted by molar-refractivity contribution is -0.293. The van der Waals surface area contributed by atoms with Gasteiger partial charge < -0.3 is 0 Å². The zero-order chi connectivity index (χ0) is 7.33. The lowest BCUT2D eigenvalue weighted by Gasteiger charge is -2.10. The molecule has 0 fully saturated rings. The molecule has 0 rings (SSSR count). The van der Waals surface area contributed by atoms with Crippen LogP contribution in [0.4, 0.5) is 0 Å². The molecule has 0 aliphatic carbocycles. The maximum absolute atomic E-state index is 8.18. The van der Waals surface area contributed by atoms with E-state index in [4.69, 9.17) is 5.26 Å². The second-order valence-electron chi connectivity index (χ2n) is 2.08. The predicted molar refractivity (Wildman–Crippen MR) is 35.8 cm³/mol. The van der Waals surface area contributed by atoms with Crippen LogP contribution in [0.3, 0.4) is 0 Å². The van der Waals surface area contributed by atoms with Crippen LogP contribution < -0.4 is 0 Å². The first kappa shape index (κ1) is 8.22. The van der Waals surface area contributed by atoms with E-state index in [0.717, 1.165) is 0 Å². The molecule has 2 nitrogen and oxygen atoms in total. The maximum Gasteiger partial charge on any atom is 0.158 e. The molecule has 0 aromatic rings. The van der Waals surface area contributed by atoms with Gasteiger partial charge in [0.25, 0.3) is 0 Å². The molecule has 0 saturated carbocycles. The largest absolute Gasteiger partial charge is 0.250 e. The SMILES string of the molecule is C=CC#CC(C)(C)OO. The fraction of sp³-hybridized carbons (Fsp3) is 0.429. The summed E-state index contributed by atoms with van der Waals surface area (Å²) in [6.45, 7) is 6.70. The van der Waals surface area contributed by atoms with Crippen LogP contribution in [0.1, 0.15) is 13.8 Å². The third-order valence-electron chi connectivity index (χ3n) is 0.703. The summed E-state index contributed by atoms with van der Waals surface area (Å²) >= 11 is 0. The van der Waals surface area contributed by atoms with Gasteiger partial charge in [-0.1, -0.05) is 18.4 Å². The number of allylic oxidation sites excluding steroid dienone is 1. The van der Waals surface area contributed by atoms with Gasteiger partial charge in [0.2, 0.25) is 0 Å². The highest BCUT2D eigenvalue weighted by Crippen LogP contribution is 2.03. The maximum atomic E-state index is 8.18. The molecule has 0 aromatic heterocycles. The first-order valence-electron chi connectivity index (χ1n) is 2.58. The fourth-order valence-corrected chi connectivity index (χ4v) is 0.248. The first-order valence-corrected chi connectivity index (χ1v) is 2.58. The molecule has 0 amide bonds. The highest BCUT2D eigenvalue weighted by atomic mass is 17.1. The van der Waals surface area contributed by atoms with Crippen LogP contribution in [0.2, 0.25) is 0 Å². The van der Waals surface area contributed by atoms with E-state index < -0.39 is 5.60 Å². The Morgan fingerprint density at radius 3 is 2.56 bits per heavy atom. The van der Waals surface area contributed by atoms with Crippen LogP contribution in [0.25, 0.3) is 0 Å². The van der Waals surface area contributed by atoms with E-state index in [1.54, 1.807) is 13.8 Å². The summed E-state index contributed by atoms with van der Waals surface area (Å²) in [6, 6.07) is 0. The van der Waals surface area contributed by atoms with E-state index in [9.17, 15) is 0 Å². The minimum absolute atomic E-state index is 0.784. The quantitative estimate of drug-likeness (QED) is 0.327. The van der Waals surface area contributed by atoms with E-state index in [0.29, 0.717) is 0 Å². The molecule has 0 aromatic carbocycles. The molecule has 9 heavy (non-hydrogen) atoms. The summed E-state index contributed by atoms with van der Waals surface area (Å²) in [4.78, 5) is 4.02. The second-order valence-corrected chi connectivity index (χ2v) is 2.08. The summed E-state index contributed by atoms with van der Waals surface area (Å²) in [6.07, 6.45) is 1.45. The average Bonchev–Trinajstić information content (AvgIpc) is 1.84. The lowest BCUT2D eigenvalue weighted by Crippen LogP contribution is -2.19. The topological polar surface area (TPSA) is 29.5 Å². The van der Waals surface area contributed by atoms with Gasteiger partial charge in [-0.05, 0) is 19.9 Å². The Balaban J connectivity index is 3.99. The van der Waals surface area contributed by atoms with Crippen LogP contribution in [0.15, 0.2) is 12.7 Å². The van der Waals surface area contributed by atoms with Crippen LogP contribution in [-0.2, 0) is 4.89 Å². The minimum atomic E-state index is -0.784. The molecule has 2 heteroatoms. The van der Waals surface area contributed by atoms with Gasteiger partial charge in [0.05, 0.1) is 0 Å². The molecule has 0 radical (unpaired) electrons. The molecule has 0 bridgehead atoms. The predicted octanol–water partition coefficient (Wildman–Crippen LogP) is 1.44. The molecular weight excluding hydrogens is 116 g/mol. The molecular formula is C7H10O2. The molecule has 1 N–H and O–H groups in total. The van der Waals surface area contributed by atoms with Gasteiger partial charge in [-0.15, -0.1) is 0 Å². The van der Waals surface area contributed by atoms with Crippen molar-refractivity contribution in [3.05, 3.63) is 12.7 Å². The van der Waals surface area contributed by atoms with Gasteiger partial charge in [0.1, 0.15) is 0 Å². The molecule has 0 aliphatic heterocycles. The van der Waals surface area contributed by atoms with E-state index in [1.165, 1.54) is 6.08 Å². The van der Waals surface area contributed by atoms with Gasteiger partial charge in [-0.3, -0.25) is 5.26 Å². The third-order valence-corrected chi connectivity index (χ3v) is 0.703. The molecule has 0 spiro atoms. The normalized spacial score (nSPS) is 9.67. The Bertz CT molecular complexity index is 148. The molecule has 0 saturated heterocycles. The molecule has 0 aliphatic rings. The van der Waals surface area contributed by atoms with Gasteiger partial charge in [0, 0.05) is 0 Å². The Kier molecular flexibility index (Phi) is 3.00. The monoisotopic (exact) mass is 126 g/mol. The Labute approximate surface area is 55.1 Å². The number of rotatable bonds is 1. The van der Waals surface area contributed by atoms with E-state index in [-0.39, 0.29) is 0 Å². The van der Waals surface area contributed by atoms with Crippen molar-refractivity contribution < 1.29 is 10.1 Å². The van der Waals surface area contributed by atoms with Crippen molar-refractivity contribution in [1.82, 2.24) is 0 Å². The van der Waals surface area contributed by atoms with Gasteiger partial charge in [-0.2, -0.15) is 0 Å². The first-order chi connectivity index (χ1) is 4.12. The molecule has 0 atom stereocenters. The minimum Gasteiger partial charge on any atom is -0.250 e. The van der Waals surface area contributed by atoms with E-state index in [2.05, 4.69) is 23.3 Å². The fourth-order valence-electron chi connectivity index (χ4n) is 0.248. The smallest absolute Gasteiger partial charge is 0.158 e. The summed E-state index contributed by atoms with van der Waals surface area (Å²) in [7, 11) is 0. The van der Waals surface area contributed by atoms with Crippen molar-refractivity contribution in [3.63, 3.8) is 0 Å². The Morgan fingerprint density at radius 1 is 1.67 bits per heavy atom. The molecule has 0 heterocycles. The zero-order valence-electron chi connectivity index (χ0n) is 5.64.